The van der Waals surface area contributed by atoms with Crippen LogP contribution in [0.15, 0.2) is 54.9 Å². The second-order valence-electron chi connectivity index (χ2n) is 6.27. The Balaban J connectivity index is 1.66. The van der Waals surface area contributed by atoms with Crippen LogP contribution in [-0.2, 0) is 0 Å². The minimum absolute atomic E-state index is 0.241. The predicted molar refractivity (Wildman–Crippen MR) is 110 cm³/mol. The van der Waals surface area contributed by atoms with Gasteiger partial charge in [0.05, 0.1) is 12.4 Å². The number of rotatable bonds is 5. The number of carbonyl (C=O) groups is 1. The van der Waals surface area contributed by atoms with E-state index < -0.39 is 0 Å². The molecule has 6 nitrogen and oxygen atoms in total. The van der Waals surface area contributed by atoms with Gasteiger partial charge in [-0.25, -0.2) is 9.97 Å². The third-order valence-corrected chi connectivity index (χ3v) is 4.21. The highest BCUT2D eigenvalue weighted by Gasteiger charge is 2.09. The van der Waals surface area contributed by atoms with Crippen LogP contribution >= 0.6 is 11.6 Å². The molecular formula is C20H20ClN5O. The smallest absolute Gasteiger partial charge is 0.275 e. The first-order valence-electron chi connectivity index (χ1n) is 8.36. The van der Waals surface area contributed by atoms with Crippen LogP contribution < -0.4 is 15.5 Å². The predicted octanol–water partition coefficient (Wildman–Crippen LogP) is 4.50. The molecule has 0 aliphatic rings. The maximum atomic E-state index is 12.3. The van der Waals surface area contributed by atoms with Gasteiger partial charge in [0.15, 0.2) is 0 Å². The number of carbonyl (C=O) groups excluding carboxylic acids is 1. The molecule has 2 aromatic carbocycles. The van der Waals surface area contributed by atoms with E-state index in [1.54, 1.807) is 6.07 Å². The Kier molecular flexibility index (Phi) is 5.57. The van der Waals surface area contributed by atoms with Crippen LogP contribution in [0.3, 0.4) is 0 Å². The second kappa shape index (κ2) is 8.05. The van der Waals surface area contributed by atoms with Gasteiger partial charge in [-0.3, -0.25) is 4.79 Å². The summed E-state index contributed by atoms with van der Waals surface area (Å²) in [6, 6.07) is 13.1. The molecule has 0 aliphatic heterocycles. The van der Waals surface area contributed by atoms with E-state index in [2.05, 4.69) is 20.6 Å². The van der Waals surface area contributed by atoms with Gasteiger partial charge in [0, 0.05) is 36.2 Å². The number of hydrogen-bond acceptors (Lipinski definition) is 5. The lowest BCUT2D eigenvalue weighted by Gasteiger charge is -2.13. The normalized spacial score (nSPS) is 10.4. The zero-order valence-corrected chi connectivity index (χ0v) is 16.1. The molecule has 0 saturated heterocycles. The topological polar surface area (TPSA) is 70.2 Å². The molecule has 1 heterocycles. The summed E-state index contributed by atoms with van der Waals surface area (Å²) >= 11 is 5.96. The molecule has 138 valence electrons. The number of amides is 1. The molecule has 2 N–H and O–H groups in total. The van der Waals surface area contributed by atoms with E-state index in [4.69, 9.17) is 11.6 Å². The van der Waals surface area contributed by atoms with E-state index >= 15 is 0 Å². The van der Waals surface area contributed by atoms with Crippen molar-refractivity contribution in [1.82, 2.24) is 9.97 Å². The van der Waals surface area contributed by atoms with Crippen molar-refractivity contribution in [1.29, 1.82) is 0 Å². The highest BCUT2D eigenvalue weighted by Crippen LogP contribution is 2.22. The fraction of sp³-hybridized carbons (Fsp3) is 0.150. The second-order valence-corrected chi connectivity index (χ2v) is 6.70. The Morgan fingerprint density at radius 2 is 1.78 bits per heavy atom. The van der Waals surface area contributed by atoms with Gasteiger partial charge in [-0.15, -0.1) is 0 Å². The molecule has 7 heteroatoms. The van der Waals surface area contributed by atoms with Crippen LogP contribution in [0.25, 0.3) is 0 Å². The van der Waals surface area contributed by atoms with Crippen molar-refractivity contribution in [3.63, 3.8) is 0 Å². The summed E-state index contributed by atoms with van der Waals surface area (Å²) in [5, 5.41) is 6.65. The Morgan fingerprint density at radius 1 is 1.04 bits per heavy atom. The van der Waals surface area contributed by atoms with Crippen LogP contribution in [0.4, 0.5) is 22.9 Å². The minimum Gasteiger partial charge on any atom is -0.378 e. The molecule has 0 bridgehead atoms. The summed E-state index contributed by atoms with van der Waals surface area (Å²) in [7, 11) is 3.93. The van der Waals surface area contributed by atoms with Crippen LogP contribution in [0.5, 0.6) is 0 Å². The fourth-order valence-electron chi connectivity index (χ4n) is 2.45. The first kappa shape index (κ1) is 18.7. The van der Waals surface area contributed by atoms with Crippen molar-refractivity contribution in [2.24, 2.45) is 0 Å². The lowest BCUT2D eigenvalue weighted by molar-refractivity contribution is 0.102. The Labute approximate surface area is 163 Å². The van der Waals surface area contributed by atoms with E-state index in [0.717, 1.165) is 16.9 Å². The first-order valence-corrected chi connectivity index (χ1v) is 8.74. The van der Waals surface area contributed by atoms with Crippen molar-refractivity contribution in [2.75, 3.05) is 29.6 Å². The molecule has 0 radical (unpaired) electrons. The number of anilines is 4. The Hall–Kier alpha value is -3.12. The summed E-state index contributed by atoms with van der Waals surface area (Å²) in [5.41, 5.74) is 3.87. The fourth-order valence-corrected chi connectivity index (χ4v) is 2.68. The van der Waals surface area contributed by atoms with Gasteiger partial charge in [-0.2, -0.15) is 0 Å². The largest absolute Gasteiger partial charge is 0.378 e. The van der Waals surface area contributed by atoms with Crippen LogP contribution in [0.1, 0.15) is 16.1 Å². The molecule has 1 aromatic heterocycles. The quantitative estimate of drug-likeness (QED) is 0.680. The summed E-state index contributed by atoms with van der Waals surface area (Å²) in [6.07, 6.45) is 2.97. The minimum atomic E-state index is -0.311. The molecule has 27 heavy (non-hydrogen) atoms. The number of nitrogens with one attached hydrogen (secondary N) is 2. The van der Waals surface area contributed by atoms with Crippen molar-refractivity contribution in [3.8, 4) is 0 Å². The molecule has 0 atom stereocenters. The van der Waals surface area contributed by atoms with Crippen molar-refractivity contribution >= 4 is 40.4 Å². The molecule has 0 aliphatic carbocycles. The summed E-state index contributed by atoms with van der Waals surface area (Å²) in [6.45, 7) is 1.95. The molecule has 0 unspecified atom stereocenters. The molecule has 1 amide bonds. The third-order valence-electron chi connectivity index (χ3n) is 3.98. The summed E-state index contributed by atoms with van der Waals surface area (Å²) in [5.74, 6) is 0.238. The Morgan fingerprint density at radius 3 is 2.37 bits per heavy atom. The lowest BCUT2D eigenvalue weighted by Crippen LogP contribution is -2.14. The maximum absolute atomic E-state index is 12.3. The summed E-state index contributed by atoms with van der Waals surface area (Å²) < 4.78 is 0. The molecule has 0 spiro atoms. The van der Waals surface area contributed by atoms with E-state index in [1.807, 2.05) is 62.3 Å². The number of hydrogen-bond donors (Lipinski definition) is 2. The molecule has 0 saturated carbocycles. The zero-order chi connectivity index (χ0) is 19.4. The maximum Gasteiger partial charge on any atom is 0.275 e. The van der Waals surface area contributed by atoms with E-state index in [9.17, 15) is 4.79 Å². The molecule has 3 aromatic rings. The van der Waals surface area contributed by atoms with Crippen LogP contribution in [0, 0.1) is 6.92 Å². The van der Waals surface area contributed by atoms with Crippen LogP contribution in [-0.4, -0.2) is 30.0 Å². The molecule has 3 rings (SSSR count). The number of aryl methyl sites for hydroxylation is 1. The third kappa shape index (κ3) is 4.74. The average molecular weight is 382 g/mol. The van der Waals surface area contributed by atoms with E-state index in [-0.39, 0.29) is 11.6 Å². The lowest BCUT2D eigenvalue weighted by atomic mass is 10.2. The zero-order valence-electron chi connectivity index (χ0n) is 15.3. The molecule has 0 fully saturated rings. The highest BCUT2D eigenvalue weighted by atomic mass is 35.5. The Bertz CT molecular complexity index is 940. The summed E-state index contributed by atoms with van der Waals surface area (Å²) in [4.78, 5) is 22.8. The van der Waals surface area contributed by atoms with Gasteiger partial charge >= 0.3 is 0 Å². The first-order chi connectivity index (χ1) is 12.9. The van der Waals surface area contributed by atoms with Gasteiger partial charge in [0.25, 0.3) is 5.91 Å². The number of benzene rings is 2. The van der Waals surface area contributed by atoms with Crippen LogP contribution in [0.2, 0.25) is 5.02 Å². The SMILES string of the molecule is Cc1cc(Cl)ccc1Nc1cnc(C(=O)Nc2ccc(N(C)C)cc2)cn1. The van der Waals surface area contributed by atoms with Gasteiger partial charge in [0.2, 0.25) is 0 Å². The van der Waals surface area contributed by atoms with Crippen molar-refractivity contribution < 1.29 is 4.79 Å². The van der Waals surface area contributed by atoms with Gasteiger partial charge in [0.1, 0.15) is 11.5 Å². The van der Waals surface area contributed by atoms with Crippen molar-refractivity contribution in [3.05, 3.63) is 71.1 Å². The monoisotopic (exact) mass is 381 g/mol. The molecular weight excluding hydrogens is 362 g/mol. The number of nitrogens with zero attached hydrogens (tertiary/aromatic N) is 3. The number of aromatic nitrogens is 2. The number of halogens is 1. The average Bonchev–Trinajstić information content (AvgIpc) is 2.65. The van der Waals surface area contributed by atoms with Gasteiger partial charge in [-0.1, -0.05) is 11.6 Å². The van der Waals surface area contributed by atoms with Crippen molar-refractivity contribution in [2.45, 2.75) is 6.92 Å². The standard InChI is InChI=1S/C20H20ClN5O/c1-13-10-14(21)4-9-17(13)25-19-12-22-18(11-23-19)20(27)24-15-5-7-16(8-6-15)26(2)3/h4-12H,1-3H3,(H,23,25)(H,24,27). The van der Waals surface area contributed by atoms with E-state index in [1.165, 1.54) is 12.4 Å². The highest BCUT2D eigenvalue weighted by molar-refractivity contribution is 6.30. The van der Waals surface area contributed by atoms with E-state index in [0.29, 0.717) is 16.5 Å². The van der Waals surface area contributed by atoms with Gasteiger partial charge < -0.3 is 15.5 Å². The van der Waals surface area contributed by atoms with Gasteiger partial charge in [-0.05, 0) is 55.0 Å².